The van der Waals surface area contributed by atoms with Crippen LogP contribution in [0.5, 0.6) is 0 Å². The largest absolute Gasteiger partial charge is 0.295 e. The molecule has 0 bridgehead atoms. The van der Waals surface area contributed by atoms with Crippen molar-refractivity contribution in [1.29, 1.82) is 0 Å². The van der Waals surface area contributed by atoms with E-state index in [2.05, 4.69) is 20.7 Å². The highest BCUT2D eigenvalue weighted by Gasteiger charge is 2.29. The molecule has 2 heterocycles. The van der Waals surface area contributed by atoms with Crippen molar-refractivity contribution in [1.82, 2.24) is 14.8 Å². The Morgan fingerprint density at radius 2 is 1.88 bits per heavy atom. The normalized spacial score (nSPS) is 15.9. The highest BCUT2D eigenvalue weighted by molar-refractivity contribution is 6.30. The highest BCUT2D eigenvalue weighted by Crippen LogP contribution is 2.30. The lowest BCUT2D eigenvalue weighted by Crippen LogP contribution is -2.29. The third-order valence-corrected chi connectivity index (χ3v) is 4.32. The minimum absolute atomic E-state index is 0.134. The van der Waals surface area contributed by atoms with E-state index in [0.29, 0.717) is 16.5 Å². The molecule has 3 aromatic rings. The summed E-state index contributed by atoms with van der Waals surface area (Å²) in [6.45, 7) is 0. The molecule has 0 unspecified atom stereocenters. The van der Waals surface area contributed by atoms with Crippen LogP contribution in [0.4, 0.5) is 11.9 Å². The van der Waals surface area contributed by atoms with Crippen molar-refractivity contribution in [3.63, 3.8) is 0 Å². The monoisotopic (exact) mass is 367 g/mol. The van der Waals surface area contributed by atoms with Gasteiger partial charge in [-0.2, -0.15) is 4.98 Å². The first-order valence-electron chi connectivity index (χ1n) is 7.98. The maximum absolute atomic E-state index is 12.3. The van der Waals surface area contributed by atoms with Gasteiger partial charge in [-0.15, -0.1) is 5.10 Å². The fourth-order valence-corrected chi connectivity index (χ4v) is 2.95. The van der Waals surface area contributed by atoms with Gasteiger partial charge in [-0.25, -0.2) is 4.68 Å². The molecule has 0 aliphatic carbocycles. The van der Waals surface area contributed by atoms with Gasteiger partial charge < -0.3 is 0 Å². The Balaban J connectivity index is 1.63. The number of fused-ring (bicyclic) bond motifs is 1. The van der Waals surface area contributed by atoms with Gasteiger partial charge in [-0.05, 0) is 29.8 Å². The number of aromatic nitrogens is 3. The molecule has 130 valence electrons. The van der Waals surface area contributed by atoms with Gasteiger partial charge in [0.05, 0.1) is 12.5 Å². The second-order valence-corrected chi connectivity index (χ2v) is 6.28. The molecule has 0 spiro atoms. The second-order valence-electron chi connectivity index (χ2n) is 5.84. The minimum atomic E-state index is -0.317. The summed E-state index contributed by atoms with van der Waals surface area (Å²) < 4.78 is 1.60. The van der Waals surface area contributed by atoms with Crippen molar-refractivity contribution in [2.24, 2.45) is 0 Å². The summed E-state index contributed by atoms with van der Waals surface area (Å²) >= 11 is 5.94. The summed E-state index contributed by atoms with van der Waals surface area (Å²) in [7, 11) is 0. The Bertz CT molecular complexity index is 969. The quantitative estimate of drug-likeness (QED) is 0.744. The number of nitrogens with zero attached hydrogens (tertiary/aromatic N) is 3. The van der Waals surface area contributed by atoms with E-state index >= 15 is 0 Å². The molecule has 8 heteroatoms. The number of carbonyl (C=O) groups excluding carboxylic acids is 2. The molecule has 0 radical (unpaired) electrons. The molecule has 1 aliphatic rings. The number of rotatable bonds is 3. The standard InChI is InChI=1S/C18H14ClN5O2/c19-13-8-6-11(7-9-13)14-10-15(25)20-18-22-17(23-24(14)18)21-16(26)12-4-2-1-3-5-12/h1-9,14H,10H2,(H2,20,21,22,23,25,26)/t14-/m0/s1. The molecule has 0 saturated carbocycles. The Kier molecular flexibility index (Phi) is 4.14. The molecular formula is C18H14ClN5O2. The first-order chi connectivity index (χ1) is 12.6. The Morgan fingerprint density at radius 1 is 1.15 bits per heavy atom. The van der Waals surface area contributed by atoms with E-state index in [4.69, 9.17) is 11.6 Å². The molecule has 2 N–H and O–H groups in total. The number of carbonyl (C=O) groups is 2. The van der Waals surface area contributed by atoms with E-state index in [1.54, 1.807) is 41.1 Å². The van der Waals surface area contributed by atoms with E-state index in [0.717, 1.165) is 5.56 Å². The van der Waals surface area contributed by atoms with Gasteiger partial charge in [0.2, 0.25) is 11.9 Å². The van der Waals surface area contributed by atoms with Crippen molar-refractivity contribution < 1.29 is 9.59 Å². The van der Waals surface area contributed by atoms with E-state index in [1.165, 1.54) is 0 Å². The smallest absolute Gasteiger partial charge is 0.258 e. The van der Waals surface area contributed by atoms with Gasteiger partial charge in [0, 0.05) is 10.6 Å². The predicted octanol–water partition coefficient (Wildman–Crippen LogP) is 3.12. The zero-order valence-electron chi connectivity index (χ0n) is 13.5. The van der Waals surface area contributed by atoms with Crippen molar-refractivity contribution in [2.75, 3.05) is 10.6 Å². The van der Waals surface area contributed by atoms with Crippen LogP contribution in [0.1, 0.15) is 28.4 Å². The Labute approximate surface area is 154 Å². The number of benzene rings is 2. The van der Waals surface area contributed by atoms with Crippen LogP contribution < -0.4 is 10.6 Å². The van der Waals surface area contributed by atoms with Crippen LogP contribution in [0.25, 0.3) is 0 Å². The molecule has 1 aromatic heterocycles. The van der Waals surface area contributed by atoms with Crippen molar-refractivity contribution in [3.05, 3.63) is 70.7 Å². The Hall–Kier alpha value is -3.19. The predicted molar refractivity (Wildman–Crippen MR) is 97.3 cm³/mol. The number of hydrogen-bond donors (Lipinski definition) is 2. The van der Waals surface area contributed by atoms with E-state index in [1.807, 2.05) is 18.2 Å². The zero-order valence-corrected chi connectivity index (χ0v) is 14.3. The van der Waals surface area contributed by atoms with Gasteiger partial charge in [0.1, 0.15) is 0 Å². The molecule has 0 fully saturated rings. The number of amides is 2. The van der Waals surface area contributed by atoms with E-state index in [-0.39, 0.29) is 30.2 Å². The first kappa shape index (κ1) is 16.3. The van der Waals surface area contributed by atoms with Crippen molar-refractivity contribution >= 4 is 35.3 Å². The SMILES string of the molecule is O=C1C[C@@H](c2ccc(Cl)cc2)n2nc(NC(=O)c3ccccc3)nc2N1. The average Bonchev–Trinajstić information content (AvgIpc) is 3.04. The summed E-state index contributed by atoms with van der Waals surface area (Å²) in [5.41, 5.74) is 1.38. The zero-order chi connectivity index (χ0) is 18.1. The summed E-state index contributed by atoms with van der Waals surface area (Å²) in [5.74, 6) is -0.0479. The van der Waals surface area contributed by atoms with Crippen molar-refractivity contribution in [3.8, 4) is 0 Å². The third-order valence-electron chi connectivity index (χ3n) is 4.07. The van der Waals surface area contributed by atoms with Gasteiger partial charge in [0.25, 0.3) is 11.9 Å². The van der Waals surface area contributed by atoms with Crippen LogP contribution in [0.15, 0.2) is 54.6 Å². The molecule has 7 nitrogen and oxygen atoms in total. The minimum Gasteiger partial charge on any atom is -0.295 e. The van der Waals surface area contributed by atoms with Gasteiger partial charge in [-0.3, -0.25) is 20.2 Å². The molecule has 4 rings (SSSR count). The molecule has 2 amide bonds. The summed E-state index contributed by atoms with van der Waals surface area (Å²) in [6.07, 6.45) is 0.226. The van der Waals surface area contributed by atoms with Crippen molar-refractivity contribution in [2.45, 2.75) is 12.5 Å². The number of nitrogens with one attached hydrogen (secondary N) is 2. The van der Waals surface area contributed by atoms with E-state index in [9.17, 15) is 9.59 Å². The summed E-state index contributed by atoms with van der Waals surface area (Å²) in [6, 6.07) is 15.7. The number of anilines is 2. The second kappa shape index (κ2) is 6.61. The first-order valence-corrected chi connectivity index (χ1v) is 8.36. The van der Waals surface area contributed by atoms with Gasteiger partial charge in [0.15, 0.2) is 0 Å². The molecular weight excluding hydrogens is 354 g/mol. The third kappa shape index (κ3) is 3.16. The highest BCUT2D eigenvalue weighted by atomic mass is 35.5. The fraction of sp³-hybridized carbons (Fsp3) is 0.111. The van der Waals surface area contributed by atoms with Crippen LogP contribution in [-0.2, 0) is 4.79 Å². The summed E-state index contributed by atoms with van der Waals surface area (Å²) in [4.78, 5) is 28.5. The Morgan fingerprint density at radius 3 is 2.62 bits per heavy atom. The van der Waals surface area contributed by atoms with Crippen LogP contribution in [0.2, 0.25) is 5.02 Å². The number of hydrogen-bond acceptors (Lipinski definition) is 4. The maximum Gasteiger partial charge on any atom is 0.258 e. The molecule has 1 aliphatic heterocycles. The molecule has 2 aromatic carbocycles. The molecule has 1 atom stereocenters. The topological polar surface area (TPSA) is 88.9 Å². The van der Waals surface area contributed by atoms with E-state index < -0.39 is 0 Å². The van der Waals surface area contributed by atoms with Crippen LogP contribution in [0.3, 0.4) is 0 Å². The average molecular weight is 368 g/mol. The maximum atomic E-state index is 12.3. The van der Waals surface area contributed by atoms with Gasteiger partial charge in [-0.1, -0.05) is 41.9 Å². The lowest BCUT2D eigenvalue weighted by Gasteiger charge is -2.23. The van der Waals surface area contributed by atoms with Crippen LogP contribution in [-0.4, -0.2) is 26.6 Å². The summed E-state index contributed by atoms with van der Waals surface area (Å²) in [5, 5.41) is 10.3. The fourth-order valence-electron chi connectivity index (χ4n) is 2.82. The van der Waals surface area contributed by atoms with Crippen LogP contribution >= 0.6 is 11.6 Å². The van der Waals surface area contributed by atoms with Crippen LogP contribution in [0, 0.1) is 0 Å². The molecule has 0 saturated heterocycles. The lowest BCUT2D eigenvalue weighted by molar-refractivity contribution is -0.117. The van der Waals surface area contributed by atoms with Gasteiger partial charge >= 0.3 is 0 Å². The molecule has 26 heavy (non-hydrogen) atoms. The lowest BCUT2D eigenvalue weighted by atomic mass is 10.0. The number of halogens is 1.